The molecule has 0 saturated carbocycles. The van der Waals surface area contributed by atoms with Gasteiger partial charge >= 0.3 is 0 Å². The topological polar surface area (TPSA) is 59.0 Å². The Hall–Kier alpha value is -3.03. The Balaban J connectivity index is 2.06. The number of hydrogen-bond acceptors (Lipinski definition) is 4. The molecule has 2 aromatic rings. The fourth-order valence-corrected chi connectivity index (χ4v) is 5.04. The van der Waals surface area contributed by atoms with Gasteiger partial charge in [-0.1, -0.05) is 54.6 Å². The number of aliphatic imine (C=N–C) groups is 1. The van der Waals surface area contributed by atoms with Crippen molar-refractivity contribution in [2.75, 3.05) is 27.2 Å². The second-order valence-electron chi connectivity index (χ2n) is 9.94. The lowest BCUT2D eigenvalue weighted by molar-refractivity contribution is 0.0456. The van der Waals surface area contributed by atoms with E-state index in [4.69, 9.17) is 9.73 Å². The lowest BCUT2D eigenvalue weighted by atomic mass is 9.96. The normalized spacial score (nSPS) is 13.1. The molecule has 2 aromatic carbocycles. The van der Waals surface area contributed by atoms with E-state index in [2.05, 4.69) is 17.5 Å². The van der Waals surface area contributed by atoms with Crippen LogP contribution in [0.5, 0.6) is 0 Å². The third kappa shape index (κ3) is 10.2. The summed E-state index contributed by atoms with van der Waals surface area (Å²) in [5.74, 6) is 0.993. The van der Waals surface area contributed by atoms with Gasteiger partial charge in [-0.2, -0.15) is 0 Å². The molecule has 0 N–H and O–H groups in total. The minimum Gasteiger partial charge on any atom is -0.366 e. The van der Waals surface area contributed by atoms with E-state index < -0.39 is 16.7 Å². The van der Waals surface area contributed by atoms with E-state index in [1.807, 2.05) is 71.3 Å². The summed E-state index contributed by atoms with van der Waals surface area (Å²) < 4.78 is 41.2. The molecule has 0 aliphatic heterocycles. The molecule has 0 aliphatic rings. The van der Waals surface area contributed by atoms with Crippen LogP contribution in [0.4, 0.5) is 4.39 Å². The Morgan fingerprint density at radius 3 is 2.33 bits per heavy atom. The van der Waals surface area contributed by atoms with Crippen LogP contribution in [0.1, 0.15) is 61.8 Å². The average molecular weight is 555 g/mol. The molecule has 0 fully saturated rings. The number of sulfone groups is 1. The van der Waals surface area contributed by atoms with Gasteiger partial charge in [-0.3, -0.25) is 0 Å². The van der Waals surface area contributed by atoms with Gasteiger partial charge in [0.25, 0.3) is 0 Å². The van der Waals surface area contributed by atoms with Gasteiger partial charge in [0.15, 0.2) is 16.7 Å². The second-order valence-corrected chi connectivity index (χ2v) is 12.0. The molecule has 7 heteroatoms. The Kier molecular flexibility index (Phi) is 12.8. The van der Waals surface area contributed by atoms with Gasteiger partial charge in [-0.15, -0.1) is 0 Å². The van der Waals surface area contributed by atoms with Gasteiger partial charge in [0.2, 0.25) is 0 Å². The van der Waals surface area contributed by atoms with Gasteiger partial charge < -0.3 is 9.64 Å². The van der Waals surface area contributed by atoms with Crippen molar-refractivity contribution in [1.82, 2.24) is 4.90 Å². The first-order valence-electron chi connectivity index (χ1n) is 13.2. The zero-order valence-electron chi connectivity index (χ0n) is 24.3. The van der Waals surface area contributed by atoms with E-state index in [9.17, 15) is 12.8 Å². The minimum atomic E-state index is -3.23. The quantitative estimate of drug-likeness (QED) is 0.138. The van der Waals surface area contributed by atoms with Crippen molar-refractivity contribution in [3.63, 3.8) is 0 Å². The van der Waals surface area contributed by atoms with Gasteiger partial charge in [-0.05, 0) is 80.0 Å². The summed E-state index contributed by atoms with van der Waals surface area (Å²) in [6, 6.07) is 13.1. The summed E-state index contributed by atoms with van der Waals surface area (Å²) in [6.45, 7) is 9.81. The molecule has 0 saturated heterocycles. The molecule has 0 amide bonds. The lowest BCUT2D eigenvalue weighted by Gasteiger charge is -2.18. The van der Waals surface area contributed by atoms with E-state index in [0.29, 0.717) is 17.7 Å². The number of allylic oxidation sites excluding steroid dienone is 4. The maximum Gasteiger partial charge on any atom is 0.188 e. The van der Waals surface area contributed by atoms with E-state index in [-0.39, 0.29) is 6.61 Å². The van der Waals surface area contributed by atoms with E-state index in [1.165, 1.54) is 11.8 Å². The molecule has 0 radical (unpaired) electrons. The van der Waals surface area contributed by atoms with Crippen molar-refractivity contribution < 1.29 is 17.5 Å². The van der Waals surface area contributed by atoms with Crippen LogP contribution in [0.15, 0.2) is 82.4 Å². The number of ether oxygens (including phenoxy) is 1. The fourth-order valence-electron chi connectivity index (χ4n) is 4.41. The molecule has 0 atom stereocenters. The molecule has 0 unspecified atom stereocenters. The third-order valence-electron chi connectivity index (χ3n) is 6.67. The van der Waals surface area contributed by atoms with Crippen molar-refractivity contribution in [3.8, 4) is 0 Å². The summed E-state index contributed by atoms with van der Waals surface area (Å²) in [6.07, 6.45) is 9.19. The Morgan fingerprint density at radius 1 is 1.08 bits per heavy atom. The number of nitrogens with zero attached hydrogens (tertiary/aromatic N) is 2. The molecular formula is C32H43FN2O3S. The summed E-state index contributed by atoms with van der Waals surface area (Å²) >= 11 is 0. The largest absolute Gasteiger partial charge is 0.366 e. The maximum absolute atomic E-state index is 12.6. The van der Waals surface area contributed by atoms with Crippen LogP contribution in [0, 0.1) is 6.92 Å². The second kappa shape index (κ2) is 15.5. The molecule has 0 heterocycles. The number of benzene rings is 2. The first-order chi connectivity index (χ1) is 18.5. The van der Waals surface area contributed by atoms with Gasteiger partial charge in [-0.25, -0.2) is 17.8 Å². The SMILES string of the molecule is C=C(C/C(=C\C)N=C(CCCc1cccc(C)c1COCF)N(C)C)C/C(=C\C)c1ccc(S(C)(=O)=O)cc1. The smallest absolute Gasteiger partial charge is 0.188 e. The van der Waals surface area contributed by atoms with E-state index >= 15 is 0 Å². The summed E-state index contributed by atoms with van der Waals surface area (Å²) in [5, 5.41) is 0. The molecule has 0 spiro atoms. The van der Waals surface area contributed by atoms with Crippen LogP contribution in [0.3, 0.4) is 0 Å². The van der Waals surface area contributed by atoms with Crippen molar-refractivity contribution in [2.45, 2.75) is 64.4 Å². The molecule has 0 aromatic heterocycles. The predicted octanol–water partition coefficient (Wildman–Crippen LogP) is 7.47. The lowest BCUT2D eigenvalue weighted by Crippen LogP contribution is -2.22. The molecule has 0 aliphatic carbocycles. The molecule has 0 bridgehead atoms. The summed E-state index contributed by atoms with van der Waals surface area (Å²) in [4.78, 5) is 7.35. The Labute approximate surface area is 234 Å². The first kappa shape index (κ1) is 32.2. The van der Waals surface area contributed by atoms with Crippen LogP contribution in [-0.4, -0.2) is 46.4 Å². The van der Waals surface area contributed by atoms with Crippen LogP contribution in [-0.2, 0) is 27.6 Å². The van der Waals surface area contributed by atoms with Crippen LogP contribution in [0.25, 0.3) is 5.57 Å². The number of rotatable bonds is 14. The number of amidine groups is 1. The molecule has 5 nitrogen and oxygen atoms in total. The maximum atomic E-state index is 12.6. The number of halogens is 1. The summed E-state index contributed by atoms with van der Waals surface area (Å²) in [7, 11) is 0.786. The van der Waals surface area contributed by atoms with Crippen molar-refractivity contribution in [1.29, 1.82) is 0 Å². The molecule has 212 valence electrons. The van der Waals surface area contributed by atoms with Crippen molar-refractivity contribution in [3.05, 3.63) is 94.7 Å². The number of aryl methyl sites for hydroxylation is 2. The monoisotopic (exact) mass is 554 g/mol. The zero-order valence-corrected chi connectivity index (χ0v) is 25.1. The zero-order chi connectivity index (χ0) is 29.0. The van der Waals surface area contributed by atoms with Gasteiger partial charge in [0, 0.05) is 38.9 Å². The number of hydrogen-bond donors (Lipinski definition) is 0. The highest BCUT2D eigenvalue weighted by Gasteiger charge is 2.12. The van der Waals surface area contributed by atoms with Crippen LogP contribution < -0.4 is 0 Å². The highest BCUT2D eigenvalue weighted by Crippen LogP contribution is 2.27. The molecule has 39 heavy (non-hydrogen) atoms. The van der Waals surface area contributed by atoms with Gasteiger partial charge in [0.05, 0.1) is 11.5 Å². The Morgan fingerprint density at radius 2 is 1.77 bits per heavy atom. The van der Waals surface area contributed by atoms with E-state index in [0.717, 1.165) is 58.6 Å². The summed E-state index contributed by atoms with van der Waals surface area (Å²) in [5.41, 5.74) is 7.43. The Bertz CT molecular complexity index is 1310. The third-order valence-corrected chi connectivity index (χ3v) is 7.80. The molecular weight excluding hydrogens is 511 g/mol. The standard InChI is InChI=1S/C32H43FN2O3S/c1-8-26(27-16-18-30(19-17-27)39(7,36)37)20-24(3)21-29(9-2)34-32(35(5)6)15-11-14-28-13-10-12-25(4)31(28)22-38-23-33/h8-10,12-13,16-19H,3,11,14-15,20-23H2,1-2,4-7H3/b26-8+,29-9+,34-32?. The van der Waals surface area contributed by atoms with Crippen LogP contribution >= 0.6 is 0 Å². The molecule has 2 rings (SSSR count). The minimum absolute atomic E-state index is 0.286. The first-order valence-corrected chi connectivity index (χ1v) is 15.1. The van der Waals surface area contributed by atoms with Crippen molar-refractivity contribution >= 4 is 21.2 Å². The van der Waals surface area contributed by atoms with Gasteiger partial charge in [0.1, 0.15) is 5.84 Å². The van der Waals surface area contributed by atoms with Crippen molar-refractivity contribution in [2.24, 2.45) is 4.99 Å². The highest BCUT2D eigenvalue weighted by atomic mass is 32.2. The highest BCUT2D eigenvalue weighted by molar-refractivity contribution is 7.90. The van der Waals surface area contributed by atoms with Crippen LogP contribution in [0.2, 0.25) is 0 Å². The average Bonchev–Trinajstić information content (AvgIpc) is 2.89. The fraction of sp³-hybridized carbons (Fsp3) is 0.406. The number of alkyl halides is 1. The predicted molar refractivity (Wildman–Crippen MR) is 161 cm³/mol. The van der Waals surface area contributed by atoms with E-state index in [1.54, 1.807) is 12.1 Å².